The topological polar surface area (TPSA) is 55.4 Å². The van der Waals surface area contributed by atoms with Crippen LogP contribution in [-0.4, -0.2) is 18.0 Å². The Morgan fingerprint density at radius 2 is 2.10 bits per heavy atom. The third kappa shape index (κ3) is 4.70. The summed E-state index contributed by atoms with van der Waals surface area (Å²) in [6.45, 7) is 1.52. The highest BCUT2D eigenvalue weighted by Crippen LogP contribution is 2.21. The Bertz CT molecular complexity index is 539. The van der Waals surface area contributed by atoms with Crippen molar-refractivity contribution in [3.05, 3.63) is 42.2 Å². The van der Waals surface area contributed by atoms with Gasteiger partial charge in [0, 0.05) is 5.69 Å². The van der Waals surface area contributed by atoms with Crippen LogP contribution in [0.3, 0.4) is 0 Å². The monoisotopic (exact) mass is 291 g/mol. The van der Waals surface area contributed by atoms with E-state index in [9.17, 15) is 14.0 Å². The number of carbonyl (C=O) groups is 2. The molecule has 2 rings (SSSR count). The van der Waals surface area contributed by atoms with E-state index < -0.39 is 12.0 Å². The van der Waals surface area contributed by atoms with E-state index in [-0.39, 0.29) is 17.7 Å². The number of hydrogen-bond acceptors (Lipinski definition) is 3. The molecule has 0 saturated heterocycles. The summed E-state index contributed by atoms with van der Waals surface area (Å²) < 4.78 is 17.9. The van der Waals surface area contributed by atoms with Gasteiger partial charge in [0.05, 0.1) is 6.42 Å². The fourth-order valence-corrected chi connectivity index (χ4v) is 2.16. The summed E-state index contributed by atoms with van der Waals surface area (Å²) in [6.07, 6.45) is 5.40. The molecule has 0 saturated carbocycles. The normalized spacial score (nSPS) is 18.3. The summed E-state index contributed by atoms with van der Waals surface area (Å²) in [7, 11) is 0. The lowest BCUT2D eigenvalue weighted by molar-refractivity contribution is -0.153. The minimum atomic E-state index is -0.882. The van der Waals surface area contributed by atoms with Gasteiger partial charge in [0.1, 0.15) is 5.82 Å². The molecule has 1 aromatic carbocycles. The fourth-order valence-electron chi connectivity index (χ4n) is 2.16. The van der Waals surface area contributed by atoms with Crippen LogP contribution in [-0.2, 0) is 14.3 Å². The van der Waals surface area contributed by atoms with Crippen LogP contribution in [0.2, 0.25) is 0 Å². The summed E-state index contributed by atoms with van der Waals surface area (Å²) in [5, 5.41) is 2.57. The lowest BCUT2D eigenvalue weighted by Gasteiger charge is -2.14. The van der Waals surface area contributed by atoms with Crippen molar-refractivity contribution >= 4 is 17.6 Å². The molecule has 0 spiro atoms. The second-order valence-corrected chi connectivity index (χ2v) is 5.10. The molecule has 1 N–H and O–H groups in total. The smallest absolute Gasteiger partial charge is 0.307 e. The van der Waals surface area contributed by atoms with Crippen molar-refractivity contribution in [3.63, 3.8) is 0 Å². The van der Waals surface area contributed by atoms with E-state index in [1.807, 2.05) is 12.2 Å². The zero-order valence-corrected chi connectivity index (χ0v) is 11.8. The highest BCUT2D eigenvalue weighted by Gasteiger charge is 2.21. The first-order chi connectivity index (χ1) is 10.0. The molecule has 21 heavy (non-hydrogen) atoms. The molecule has 0 radical (unpaired) electrons. The van der Waals surface area contributed by atoms with Gasteiger partial charge in [0.25, 0.3) is 5.91 Å². The number of rotatable bonds is 5. The van der Waals surface area contributed by atoms with Gasteiger partial charge in [0.15, 0.2) is 6.10 Å². The Balaban J connectivity index is 1.80. The molecule has 1 aromatic rings. The predicted octanol–water partition coefficient (Wildman–Crippen LogP) is 3.05. The summed E-state index contributed by atoms with van der Waals surface area (Å²) >= 11 is 0. The maximum Gasteiger partial charge on any atom is 0.307 e. The number of nitrogens with one attached hydrogen (secondary N) is 1. The molecule has 1 aliphatic carbocycles. The molecule has 0 aromatic heterocycles. The standard InChI is InChI=1S/C16H18FNO3/c1-11(21-15(19)10-12-4-2-3-5-12)16(20)18-14-8-6-13(17)7-9-14/h2,4,6-9,11-12H,3,5,10H2,1H3,(H,18,20)/t11-,12-/m1/s1. The number of benzene rings is 1. The molecule has 112 valence electrons. The highest BCUT2D eigenvalue weighted by atomic mass is 19.1. The molecule has 0 heterocycles. The lowest BCUT2D eigenvalue weighted by Crippen LogP contribution is -2.30. The Labute approximate surface area is 123 Å². The van der Waals surface area contributed by atoms with Crippen LogP contribution in [0.25, 0.3) is 0 Å². The zero-order chi connectivity index (χ0) is 15.2. The summed E-state index contributed by atoms with van der Waals surface area (Å²) in [4.78, 5) is 23.6. The third-order valence-corrected chi connectivity index (χ3v) is 3.33. The first kappa shape index (κ1) is 15.2. The van der Waals surface area contributed by atoms with E-state index in [0.717, 1.165) is 12.8 Å². The average Bonchev–Trinajstić information content (AvgIpc) is 2.94. The molecule has 0 aliphatic heterocycles. The van der Waals surface area contributed by atoms with Crippen molar-refractivity contribution in [2.45, 2.75) is 32.3 Å². The van der Waals surface area contributed by atoms with Crippen molar-refractivity contribution in [2.24, 2.45) is 5.92 Å². The van der Waals surface area contributed by atoms with Gasteiger partial charge < -0.3 is 10.1 Å². The molecule has 1 amide bonds. The Morgan fingerprint density at radius 1 is 1.38 bits per heavy atom. The van der Waals surface area contributed by atoms with Gasteiger partial charge in [-0.2, -0.15) is 0 Å². The molecule has 2 atom stereocenters. The predicted molar refractivity (Wildman–Crippen MR) is 77.1 cm³/mol. The Morgan fingerprint density at radius 3 is 2.71 bits per heavy atom. The number of amides is 1. The van der Waals surface area contributed by atoms with E-state index in [0.29, 0.717) is 12.1 Å². The molecule has 0 fully saturated rings. The molecule has 0 bridgehead atoms. The summed E-state index contributed by atoms with van der Waals surface area (Å²) in [5.74, 6) is -0.979. The summed E-state index contributed by atoms with van der Waals surface area (Å²) in [5.41, 5.74) is 0.461. The van der Waals surface area contributed by atoms with Gasteiger partial charge in [-0.15, -0.1) is 0 Å². The lowest BCUT2D eigenvalue weighted by atomic mass is 10.1. The summed E-state index contributed by atoms with van der Waals surface area (Å²) in [6, 6.07) is 5.40. The SMILES string of the molecule is C[C@@H](OC(=O)C[C@@H]1C=CCC1)C(=O)Nc1ccc(F)cc1. The van der Waals surface area contributed by atoms with Crippen molar-refractivity contribution in [1.29, 1.82) is 0 Å². The van der Waals surface area contributed by atoms with Gasteiger partial charge in [-0.25, -0.2) is 4.39 Å². The van der Waals surface area contributed by atoms with Gasteiger partial charge in [-0.05, 0) is 49.9 Å². The van der Waals surface area contributed by atoms with Crippen molar-refractivity contribution in [3.8, 4) is 0 Å². The minimum absolute atomic E-state index is 0.213. The molecule has 1 aliphatic rings. The Hall–Kier alpha value is -2.17. The van der Waals surface area contributed by atoms with E-state index in [1.54, 1.807) is 0 Å². The maximum absolute atomic E-state index is 12.8. The van der Waals surface area contributed by atoms with E-state index in [1.165, 1.54) is 31.2 Å². The second kappa shape index (κ2) is 7.02. The molecule has 4 nitrogen and oxygen atoms in total. The maximum atomic E-state index is 12.8. The third-order valence-electron chi connectivity index (χ3n) is 3.33. The molecular weight excluding hydrogens is 273 g/mol. The number of carbonyl (C=O) groups excluding carboxylic acids is 2. The van der Waals surface area contributed by atoms with E-state index in [2.05, 4.69) is 5.32 Å². The zero-order valence-electron chi connectivity index (χ0n) is 11.8. The number of halogens is 1. The van der Waals surface area contributed by atoms with Crippen LogP contribution in [0.5, 0.6) is 0 Å². The van der Waals surface area contributed by atoms with Crippen LogP contribution >= 0.6 is 0 Å². The van der Waals surface area contributed by atoms with Crippen molar-refractivity contribution in [1.82, 2.24) is 0 Å². The minimum Gasteiger partial charge on any atom is -0.453 e. The number of ether oxygens (including phenoxy) is 1. The van der Waals surface area contributed by atoms with Crippen LogP contribution < -0.4 is 5.32 Å². The Kier molecular flexibility index (Phi) is 5.09. The van der Waals surface area contributed by atoms with E-state index in [4.69, 9.17) is 4.74 Å². The quantitative estimate of drug-likeness (QED) is 0.670. The molecular formula is C16H18FNO3. The van der Waals surface area contributed by atoms with Crippen molar-refractivity contribution < 1.29 is 18.7 Å². The van der Waals surface area contributed by atoms with Gasteiger partial charge in [0.2, 0.25) is 0 Å². The largest absolute Gasteiger partial charge is 0.453 e. The number of hydrogen-bond donors (Lipinski definition) is 1. The molecule has 5 heteroatoms. The first-order valence-corrected chi connectivity index (χ1v) is 6.97. The number of esters is 1. The average molecular weight is 291 g/mol. The van der Waals surface area contributed by atoms with Gasteiger partial charge >= 0.3 is 5.97 Å². The number of anilines is 1. The van der Waals surface area contributed by atoms with Gasteiger partial charge in [-0.1, -0.05) is 12.2 Å². The van der Waals surface area contributed by atoms with Crippen molar-refractivity contribution in [2.75, 3.05) is 5.32 Å². The highest BCUT2D eigenvalue weighted by molar-refractivity contribution is 5.95. The number of allylic oxidation sites excluding steroid dienone is 2. The van der Waals surface area contributed by atoms with Crippen LogP contribution in [0.1, 0.15) is 26.2 Å². The van der Waals surface area contributed by atoms with E-state index >= 15 is 0 Å². The van der Waals surface area contributed by atoms with Gasteiger partial charge in [-0.3, -0.25) is 9.59 Å². The van der Waals surface area contributed by atoms with Crippen LogP contribution in [0.15, 0.2) is 36.4 Å². The molecule has 0 unspecified atom stereocenters. The van der Waals surface area contributed by atoms with Crippen LogP contribution in [0.4, 0.5) is 10.1 Å². The second-order valence-electron chi connectivity index (χ2n) is 5.10. The van der Waals surface area contributed by atoms with Crippen LogP contribution in [0, 0.1) is 11.7 Å². The first-order valence-electron chi connectivity index (χ1n) is 6.97. The fraction of sp³-hybridized carbons (Fsp3) is 0.375.